The quantitative estimate of drug-likeness (QED) is 0.595. The van der Waals surface area contributed by atoms with Crippen LogP contribution in [0.1, 0.15) is 41.5 Å². The third-order valence-electron chi connectivity index (χ3n) is 8.69. The van der Waals surface area contributed by atoms with Crippen LogP contribution in [0, 0.1) is 17.8 Å². The maximum Gasteiger partial charge on any atom is 0.247 e. The summed E-state index contributed by atoms with van der Waals surface area (Å²) < 4.78 is -1.59. The van der Waals surface area contributed by atoms with Crippen molar-refractivity contribution in [1.82, 2.24) is 9.80 Å². The van der Waals surface area contributed by atoms with Crippen LogP contribution in [-0.4, -0.2) is 79.4 Å². The molecule has 7 nitrogen and oxygen atoms in total. The average Bonchev–Trinajstić information content (AvgIpc) is 3.10. The molecule has 6 atom stereocenters. The van der Waals surface area contributed by atoms with E-state index in [-0.39, 0.29) is 30.2 Å². The molecule has 2 saturated heterocycles. The van der Waals surface area contributed by atoms with Crippen molar-refractivity contribution in [1.29, 1.82) is 0 Å². The Morgan fingerprint density at radius 3 is 2.24 bits per heavy atom. The van der Waals surface area contributed by atoms with Gasteiger partial charge in [0.05, 0.1) is 29.2 Å². The van der Waals surface area contributed by atoms with E-state index in [1.165, 1.54) is 0 Å². The Balaban J connectivity index is 1.69. The Bertz CT molecular complexity index is 1190. The lowest BCUT2D eigenvalue weighted by atomic mass is 9.74. The van der Waals surface area contributed by atoms with Crippen molar-refractivity contribution in [2.75, 3.05) is 24.6 Å². The minimum Gasteiger partial charge on any atom is -0.394 e. The summed E-state index contributed by atoms with van der Waals surface area (Å²) in [6.45, 7) is 12.6. The third-order valence-corrected chi connectivity index (χ3v) is 10.5. The number of hydrogen-bond donors (Lipinski definition) is 1. The van der Waals surface area contributed by atoms with Gasteiger partial charge in [0.15, 0.2) is 0 Å². The zero-order chi connectivity index (χ0) is 27.6. The molecular formula is C30H39N3O4S. The number of fused-ring (bicyclic) bond motifs is 2. The lowest BCUT2D eigenvalue weighted by molar-refractivity contribution is -0.149. The number of hydrogen-bond acceptors (Lipinski definition) is 5. The molecule has 204 valence electrons. The molecule has 4 heterocycles. The fourth-order valence-corrected chi connectivity index (χ4v) is 9.03. The molecule has 38 heavy (non-hydrogen) atoms. The van der Waals surface area contributed by atoms with Gasteiger partial charge in [0.1, 0.15) is 6.04 Å². The SMILES string of the molecule is CC(C)[C@H](CO)N1C(=O)[C@@H]2[C@H]3C(=O)N(c4ccccc4)CC=C[C@@]3(C)S[C@@]23C=CCN(C(C)(C)C)C(=O)C13. The minimum atomic E-state index is -0.921. The van der Waals surface area contributed by atoms with Gasteiger partial charge in [0, 0.05) is 29.1 Å². The van der Waals surface area contributed by atoms with E-state index in [9.17, 15) is 19.5 Å². The predicted octanol–water partition coefficient (Wildman–Crippen LogP) is 3.49. The van der Waals surface area contributed by atoms with Crippen molar-refractivity contribution in [3.8, 4) is 0 Å². The first-order chi connectivity index (χ1) is 17.9. The first-order valence-corrected chi connectivity index (χ1v) is 14.4. The Labute approximate surface area is 229 Å². The summed E-state index contributed by atoms with van der Waals surface area (Å²) in [5.74, 6) is -1.89. The monoisotopic (exact) mass is 537 g/mol. The normalized spacial score (nSPS) is 33.8. The van der Waals surface area contributed by atoms with Gasteiger partial charge in [-0.15, -0.1) is 11.8 Å². The lowest BCUT2D eigenvalue weighted by Gasteiger charge is -2.43. The summed E-state index contributed by atoms with van der Waals surface area (Å²) in [6, 6.07) is 8.21. The van der Waals surface area contributed by atoms with Gasteiger partial charge < -0.3 is 19.8 Å². The van der Waals surface area contributed by atoms with Gasteiger partial charge in [0.2, 0.25) is 17.7 Å². The molecule has 8 heteroatoms. The molecular weight excluding hydrogens is 498 g/mol. The van der Waals surface area contributed by atoms with E-state index in [2.05, 4.69) is 6.08 Å². The molecule has 1 unspecified atom stereocenters. The Morgan fingerprint density at radius 1 is 0.974 bits per heavy atom. The number of aliphatic hydroxyl groups is 1. The highest BCUT2D eigenvalue weighted by Gasteiger charge is 2.74. The van der Waals surface area contributed by atoms with E-state index >= 15 is 0 Å². The fourth-order valence-electron chi connectivity index (χ4n) is 6.88. The number of aliphatic hydroxyl groups excluding tert-OH is 1. The smallest absolute Gasteiger partial charge is 0.247 e. The third kappa shape index (κ3) is 3.86. The van der Waals surface area contributed by atoms with E-state index in [1.54, 1.807) is 21.6 Å². The largest absolute Gasteiger partial charge is 0.394 e. The number of benzene rings is 1. The first-order valence-electron chi connectivity index (χ1n) is 13.5. The fraction of sp³-hybridized carbons (Fsp3) is 0.567. The van der Waals surface area contributed by atoms with Gasteiger partial charge in [-0.3, -0.25) is 14.4 Å². The second-order valence-corrected chi connectivity index (χ2v) is 14.2. The van der Waals surface area contributed by atoms with Crippen LogP contribution in [0.2, 0.25) is 0 Å². The molecule has 3 amide bonds. The second-order valence-electron chi connectivity index (χ2n) is 12.4. The summed E-state index contributed by atoms with van der Waals surface area (Å²) in [6.07, 6.45) is 8.13. The summed E-state index contributed by atoms with van der Waals surface area (Å²) in [4.78, 5) is 48.6. The van der Waals surface area contributed by atoms with Gasteiger partial charge in [-0.25, -0.2) is 0 Å². The standard InChI is InChI=1S/C30H39N3O4S/c1-19(2)21(18-34)33-24-27(37)32(28(3,4)5)17-11-15-30(24)23(26(33)36)22-25(35)31(20-12-8-7-9-13-20)16-10-14-29(22,6)38-30/h7-15,19,21-24,34H,16-18H2,1-6H3/t21-,22-,23-,24?,29+,30-/m0/s1. The molecule has 0 saturated carbocycles. The molecule has 5 rings (SSSR count). The molecule has 1 aromatic rings. The van der Waals surface area contributed by atoms with Crippen molar-refractivity contribution in [3.63, 3.8) is 0 Å². The number of thioether (sulfide) groups is 1. The van der Waals surface area contributed by atoms with Crippen LogP contribution in [0.4, 0.5) is 5.69 Å². The summed E-state index contributed by atoms with van der Waals surface area (Å²) >= 11 is 1.58. The number of carbonyl (C=O) groups excluding carboxylic acids is 3. The van der Waals surface area contributed by atoms with Crippen LogP contribution in [0.3, 0.4) is 0 Å². The number of likely N-dealkylation sites (tertiary alicyclic amines) is 1. The highest BCUT2D eigenvalue weighted by Crippen LogP contribution is 2.66. The molecule has 0 aliphatic carbocycles. The van der Waals surface area contributed by atoms with Crippen LogP contribution in [0.15, 0.2) is 54.6 Å². The maximum absolute atomic E-state index is 14.6. The van der Waals surface area contributed by atoms with Gasteiger partial charge >= 0.3 is 0 Å². The molecule has 4 aliphatic heterocycles. The van der Waals surface area contributed by atoms with E-state index < -0.39 is 39.0 Å². The predicted molar refractivity (Wildman–Crippen MR) is 151 cm³/mol. The van der Waals surface area contributed by atoms with Crippen LogP contribution in [0.25, 0.3) is 0 Å². The number of amides is 3. The average molecular weight is 538 g/mol. The highest BCUT2D eigenvalue weighted by molar-refractivity contribution is 8.02. The van der Waals surface area contributed by atoms with Crippen LogP contribution < -0.4 is 4.90 Å². The summed E-state index contributed by atoms with van der Waals surface area (Å²) in [5, 5.41) is 10.4. The molecule has 1 aromatic carbocycles. The number of nitrogens with zero attached hydrogens (tertiary/aromatic N) is 3. The Morgan fingerprint density at radius 2 is 1.63 bits per heavy atom. The zero-order valence-corrected chi connectivity index (χ0v) is 23.9. The molecule has 0 aromatic heterocycles. The van der Waals surface area contributed by atoms with E-state index in [1.807, 2.05) is 95.0 Å². The molecule has 2 fully saturated rings. The number of carbonyl (C=O) groups is 3. The zero-order valence-electron chi connectivity index (χ0n) is 23.1. The van der Waals surface area contributed by atoms with E-state index in [0.717, 1.165) is 5.69 Å². The summed E-state index contributed by atoms with van der Waals surface area (Å²) in [5.41, 5.74) is 0.335. The molecule has 0 bridgehead atoms. The second kappa shape index (κ2) is 9.26. The number of para-hydroxylation sites is 1. The van der Waals surface area contributed by atoms with Crippen LogP contribution >= 0.6 is 11.8 Å². The molecule has 1 spiro atoms. The molecule has 1 N–H and O–H groups in total. The topological polar surface area (TPSA) is 81.2 Å². The molecule has 0 radical (unpaired) electrons. The highest BCUT2D eigenvalue weighted by atomic mass is 32.2. The van der Waals surface area contributed by atoms with Gasteiger partial charge in [-0.1, -0.05) is 56.4 Å². The Kier molecular flexibility index (Phi) is 6.58. The Hall–Kier alpha value is -2.58. The van der Waals surface area contributed by atoms with Crippen molar-refractivity contribution >= 4 is 35.2 Å². The van der Waals surface area contributed by atoms with Crippen LogP contribution in [-0.2, 0) is 14.4 Å². The minimum absolute atomic E-state index is 0.0649. The first kappa shape index (κ1) is 27.0. The maximum atomic E-state index is 14.6. The van der Waals surface area contributed by atoms with Gasteiger partial charge in [0.25, 0.3) is 0 Å². The molecule has 4 aliphatic rings. The van der Waals surface area contributed by atoms with Crippen molar-refractivity contribution < 1.29 is 19.5 Å². The number of rotatable bonds is 4. The van der Waals surface area contributed by atoms with Gasteiger partial charge in [-0.2, -0.15) is 0 Å². The summed E-state index contributed by atoms with van der Waals surface area (Å²) in [7, 11) is 0. The number of anilines is 1. The van der Waals surface area contributed by atoms with Crippen molar-refractivity contribution in [3.05, 3.63) is 54.6 Å². The van der Waals surface area contributed by atoms with Crippen molar-refractivity contribution in [2.45, 2.75) is 68.7 Å². The van der Waals surface area contributed by atoms with Gasteiger partial charge in [-0.05, 0) is 45.7 Å². The van der Waals surface area contributed by atoms with E-state index in [0.29, 0.717) is 13.1 Å². The van der Waals surface area contributed by atoms with Crippen molar-refractivity contribution in [2.24, 2.45) is 17.8 Å². The lowest BCUT2D eigenvalue weighted by Crippen LogP contribution is -2.60. The van der Waals surface area contributed by atoms with E-state index in [4.69, 9.17) is 0 Å². The van der Waals surface area contributed by atoms with Crippen LogP contribution in [0.5, 0.6) is 0 Å².